The van der Waals surface area contributed by atoms with Crippen LogP contribution in [-0.4, -0.2) is 26.0 Å². The van der Waals surface area contributed by atoms with E-state index in [-0.39, 0.29) is 23.7 Å². The van der Waals surface area contributed by atoms with E-state index in [0.717, 1.165) is 16.8 Å². The Morgan fingerprint density at radius 1 is 1.00 bits per heavy atom. The lowest BCUT2D eigenvalue weighted by Gasteiger charge is -2.16. The van der Waals surface area contributed by atoms with E-state index in [1.165, 1.54) is 7.11 Å². The number of ether oxygens (including phenoxy) is 2. The van der Waals surface area contributed by atoms with Crippen molar-refractivity contribution in [3.8, 4) is 11.5 Å². The van der Waals surface area contributed by atoms with Gasteiger partial charge >= 0.3 is 0 Å². The van der Waals surface area contributed by atoms with Gasteiger partial charge in [-0.15, -0.1) is 0 Å². The maximum absolute atomic E-state index is 12.7. The van der Waals surface area contributed by atoms with Crippen molar-refractivity contribution in [1.29, 1.82) is 0 Å². The molecule has 3 rings (SSSR count). The molecule has 1 fully saturated rings. The highest BCUT2D eigenvalue weighted by molar-refractivity contribution is 6.04. The minimum Gasteiger partial charge on any atom is -0.497 e. The molecule has 1 aliphatic rings. The minimum atomic E-state index is -0.340. The van der Waals surface area contributed by atoms with Crippen LogP contribution in [0.1, 0.15) is 37.3 Å². The molecule has 0 aromatic heterocycles. The third-order valence-corrected chi connectivity index (χ3v) is 5.31. The van der Waals surface area contributed by atoms with E-state index < -0.39 is 0 Å². The first kappa shape index (κ1) is 20.7. The Labute approximate surface area is 171 Å². The first-order chi connectivity index (χ1) is 13.8. The van der Waals surface area contributed by atoms with E-state index >= 15 is 0 Å². The number of para-hydroxylation sites is 1. The van der Waals surface area contributed by atoms with Gasteiger partial charge in [0, 0.05) is 11.8 Å². The standard InChI is InChI=1S/C23H28N2O4/c1-13(2)16-8-6-7-14(3)21(16)25-23(27)18-12-17(18)22(26)24-19-10-9-15(28-4)11-20(19)29-5/h6-11,13,17-18H,12H2,1-5H3,(H,24,26)(H,25,27). The molecule has 2 unspecified atom stereocenters. The molecule has 154 valence electrons. The summed E-state index contributed by atoms with van der Waals surface area (Å²) >= 11 is 0. The van der Waals surface area contributed by atoms with Crippen molar-refractivity contribution < 1.29 is 19.1 Å². The van der Waals surface area contributed by atoms with Crippen molar-refractivity contribution in [3.05, 3.63) is 47.5 Å². The number of carbonyl (C=O) groups is 2. The summed E-state index contributed by atoms with van der Waals surface area (Å²) in [4.78, 5) is 25.4. The molecule has 0 bridgehead atoms. The Morgan fingerprint density at radius 3 is 2.31 bits per heavy atom. The first-order valence-electron chi connectivity index (χ1n) is 9.79. The first-order valence-corrected chi connectivity index (χ1v) is 9.79. The fraction of sp³-hybridized carbons (Fsp3) is 0.391. The summed E-state index contributed by atoms with van der Waals surface area (Å²) in [6.45, 7) is 6.18. The predicted molar refractivity (Wildman–Crippen MR) is 114 cm³/mol. The van der Waals surface area contributed by atoms with E-state index in [1.807, 2.05) is 25.1 Å². The van der Waals surface area contributed by atoms with Gasteiger partial charge in [-0.2, -0.15) is 0 Å². The van der Waals surface area contributed by atoms with Gasteiger partial charge in [-0.05, 0) is 42.5 Å². The highest BCUT2D eigenvalue weighted by Gasteiger charge is 2.48. The smallest absolute Gasteiger partial charge is 0.228 e. The highest BCUT2D eigenvalue weighted by atomic mass is 16.5. The van der Waals surface area contributed by atoms with Crippen molar-refractivity contribution in [1.82, 2.24) is 0 Å². The SMILES string of the molecule is COc1ccc(NC(=O)C2CC2C(=O)Nc2c(C)cccc2C(C)C)c(OC)c1. The maximum Gasteiger partial charge on any atom is 0.228 e. The summed E-state index contributed by atoms with van der Waals surface area (Å²) in [6, 6.07) is 11.2. The Morgan fingerprint density at radius 2 is 1.69 bits per heavy atom. The number of hydrogen-bond acceptors (Lipinski definition) is 4. The fourth-order valence-electron chi connectivity index (χ4n) is 3.46. The molecule has 0 saturated heterocycles. The van der Waals surface area contributed by atoms with Gasteiger partial charge in [0.05, 0.1) is 31.7 Å². The molecule has 6 heteroatoms. The van der Waals surface area contributed by atoms with Gasteiger partial charge in [-0.1, -0.05) is 32.0 Å². The van der Waals surface area contributed by atoms with E-state index in [2.05, 4.69) is 24.5 Å². The number of anilines is 2. The van der Waals surface area contributed by atoms with Gasteiger partial charge in [0.15, 0.2) is 0 Å². The Balaban J connectivity index is 1.66. The quantitative estimate of drug-likeness (QED) is 0.730. The molecule has 2 aromatic rings. The minimum absolute atomic E-state index is 0.108. The van der Waals surface area contributed by atoms with Crippen molar-refractivity contribution in [2.75, 3.05) is 24.9 Å². The lowest BCUT2D eigenvalue weighted by Crippen LogP contribution is -2.21. The summed E-state index contributed by atoms with van der Waals surface area (Å²) in [5.74, 6) is 0.507. The average molecular weight is 396 g/mol. The van der Waals surface area contributed by atoms with Crippen molar-refractivity contribution >= 4 is 23.2 Å². The summed E-state index contributed by atoms with van der Waals surface area (Å²) in [7, 11) is 3.10. The van der Waals surface area contributed by atoms with Gasteiger partial charge in [0.2, 0.25) is 11.8 Å². The number of hydrogen-bond donors (Lipinski definition) is 2. The average Bonchev–Trinajstić information content (AvgIpc) is 3.50. The van der Waals surface area contributed by atoms with Crippen LogP contribution in [0.3, 0.4) is 0 Å². The molecule has 1 saturated carbocycles. The molecule has 2 amide bonds. The molecular weight excluding hydrogens is 368 g/mol. The van der Waals surface area contributed by atoms with Crippen LogP contribution in [-0.2, 0) is 9.59 Å². The molecule has 2 aromatic carbocycles. The van der Waals surface area contributed by atoms with Crippen molar-refractivity contribution in [3.63, 3.8) is 0 Å². The second-order valence-electron chi connectivity index (χ2n) is 7.69. The number of benzene rings is 2. The van der Waals surface area contributed by atoms with Gasteiger partial charge < -0.3 is 20.1 Å². The number of carbonyl (C=O) groups excluding carboxylic acids is 2. The summed E-state index contributed by atoms with van der Waals surface area (Å²) in [5.41, 5.74) is 3.54. The molecule has 2 atom stereocenters. The van der Waals surface area contributed by atoms with Crippen LogP contribution in [0, 0.1) is 18.8 Å². The summed E-state index contributed by atoms with van der Waals surface area (Å²) in [5, 5.41) is 5.91. The van der Waals surface area contributed by atoms with Crippen LogP contribution in [0.4, 0.5) is 11.4 Å². The van der Waals surface area contributed by atoms with Gasteiger partial charge in [0.1, 0.15) is 11.5 Å². The normalized spacial score (nSPS) is 17.6. The second-order valence-corrected chi connectivity index (χ2v) is 7.69. The Kier molecular flexibility index (Phi) is 6.11. The molecule has 1 aliphatic carbocycles. The Bertz CT molecular complexity index is 923. The van der Waals surface area contributed by atoms with E-state index in [4.69, 9.17) is 9.47 Å². The topological polar surface area (TPSA) is 76.7 Å². The Hall–Kier alpha value is -3.02. The molecule has 29 heavy (non-hydrogen) atoms. The summed E-state index contributed by atoms with van der Waals surface area (Å²) in [6.07, 6.45) is 0.541. The van der Waals surface area contributed by atoms with Gasteiger partial charge in [-0.25, -0.2) is 0 Å². The monoisotopic (exact) mass is 396 g/mol. The van der Waals surface area contributed by atoms with Crippen molar-refractivity contribution in [2.24, 2.45) is 11.8 Å². The zero-order valence-corrected chi connectivity index (χ0v) is 17.5. The molecule has 0 heterocycles. The number of nitrogens with one attached hydrogen (secondary N) is 2. The van der Waals surface area contributed by atoms with Crippen LogP contribution in [0.15, 0.2) is 36.4 Å². The summed E-state index contributed by atoms with van der Waals surface area (Å²) < 4.78 is 10.5. The number of methoxy groups -OCH3 is 2. The van der Waals surface area contributed by atoms with Crippen LogP contribution >= 0.6 is 0 Å². The maximum atomic E-state index is 12.7. The van der Waals surface area contributed by atoms with E-state index in [1.54, 1.807) is 25.3 Å². The van der Waals surface area contributed by atoms with E-state index in [9.17, 15) is 9.59 Å². The van der Waals surface area contributed by atoms with Crippen LogP contribution in [0.25, 0.3) is 0 Å². The fourth-order valence-corrected chi connectivity index (χ4v) is 3.46. The molecule has 0 radical (unpaired) electrons. The van der Waals surface area contributed by atoms with Crippen LogP contribution in [0.5, 0.6) is 11.5 Å². The molecule has 2 N–H and O–H groups in total. The van der Waals surface area contributed by atoms with Crippen LogP contribution < -0.4 is 20.1 Å². The number of amides is 2. The largest absolute Gasteiger partial charge is 0.497 e. The number of aryl methyl sites for hydroxylation is 1. The highest BCUT2D eigenvalue weighted by Crippen LogP contribution is 2.42. The molecule has 0 spiro atoms. The third-order valence-electron chi connectivity index (χ3n) is 5.31. The van der Waals surface area contributed by atoms with Crippen LogP contribution in [0.2, 0.25) is 0 Å². The van der Waals surface area contributed by atoms with Gasteiger partial charge in [-0.3, -0.25) is 9.59 Å². The lowest BCUT2D eigenvalue weighted by molar-refractivity contribution is -0.122. The van der Waals surface area contributed by atoms with Gasteiger partial charge in [0.25, 0.3) is 0 Å². The van der Waals surface area contributed by atoms with E-state index in [0.29, 0.717) is 29.5 Å². The predicted octanol–water partition coefficient (Wildman–Crippen LogP) is 4.35. The molecule has 0 aliphatic heterocycles. The molecular formula is C23H28N2O4. The zero-order chi connectivity index (χ0) is 21.1. The zero-order valence-electron chi connectivity index (χ0n) is 17.5. The second kappa shape index (κ2) is 8.55. The number of rotatable bonds is 7. The third kappa shape index (κ3) is 4.53. The molecule has 6 nitrogen and oxygen atoms in total. The van der Waals surface area contributed by atoms with Crippen molar-refractivity contribution in [2.45, 2.75) is 33.1 Å². The lowest BCUT2D eigenvalue weighted by atomic mass is 9.98.